The number of aryl methyl sites for hydroxylation is 1. The van der Waals surface area contributed by atoms with Crippen molar-refractivity contribution in [2.24, 2.45) is 0 Å². The van der Waals surface area contributed by atoms with Crippen molar-refractivity contribution in [2.75, 3.05) is 18.4 Å². The van der Waals surface area contributed by atoms with E-state index in [2.05, 4.69) is 59.5 Å². The first-order chi connectivity index (χ1) is 10.5. The molecule has 1 aliphatic rings. The molecule has 0 spiro atoms. The summed E-state index contributed by atoms with van der Waals surface area (Å²) in [7, 11) is 0. The minimum Gasteiger partial charge on any atom is -0.325 e. The zero-order valence-electron chi connectivity index (χ0n) is 14.3. The molecular weight excluding hydrogens is 340 g/mol. The molecule has 0 bridgehead atoms. The molecule has 2 N–H and O–H groups in total. The molecule has 0 heterocycles. The van der Waals surface area contributed by atoms with E-state index < -0.39 is 0 Å². The summed E-state index contributed by atoms with van der Waals surface area (Å²) < 4.78 is 0.977. The van der Waals surface area contributed by atoms with Crippen LogP contribution in [0.25, 0.3) is 0 Å². The molecule has 1 aromatic carbocycles. The number of fused-ring (bicyclic) bond motifs is 1. The molecule has 22 heavy (non-hydrogen) atoms. The van der Waals surface area contributed by atoms with Crippen LogP contribution in [0.2, 0.25) is 0 Å². The van der Waals surface area contributed by atoms with Gasteiger partial charge in [0.15, 0.2) is 0 Å². The lowest BCUT2D eigenvalue weighted by Crippen LogP contribution is -2.14. The predicted octanol–water partition coefficient (Wildman–Crippen LogP) is 4.85. The first kappa shape index (κ1) is 19.2. The van der Waals surface area contributed by atoms with E-state index in [0.29, 0.717) is 5.92 Å². The summed E-state index contributed by atoms with van der Waals surface area (Å²) >= 11 is 3.48. The van der Waals surface area contributed by atoms with E-state index in [1.807, 2.05) is 0 Å². The Kier molecular flexibility index (Phi) is 8.72. The van der Waals surface area contributed by atoms with E-state index in [9.17, 15) is 4.79 Å². The van der Waals surface area contributed by atoms with Crippen LogP contribution in [-0.4, -0.2) is 19.0 Å². The van der Waals surface area contributed by atoms with E-state index >= 15 is 0 Å². The number of carbonyl (C=O) groups is 1. The number of amides is 1. The third-order valence-electron chi connectivity index (χ3n) is 3.77. The van der Waals surface area contributed by atoms with Crippen LogP contribution in [0.1, 0.15) is 64.0 Å². The van der Waals surface area contributed by atoms with Crippen LogP contribution in [0, 0.1) is 0 Å². The van der Waals surface area contributed by atoms with E-state index in [-0.39, 0.29) is 5.91 Å². The first-order valence-corrected chi connectivity index (χ1v) is 9.09. The van der Waals surface area contributed by atoms with Gasteiger partial charge in [0.1, 0.15) is 0 Å². The number of nitrogens with one attached hydrogen (secondary N) is 2. The van der Waals surface area contributed by atoms with Crippen LogP contribution in [0.5, 0.6) is 0 Å². The number of benzene rings is 1. The van der Waals surface area contributed by atoms with Crippen LogP contribution in [-0.2, 0) is 11.2 Å². The molecule has 0 fully saturated rings. The van der Waals surface area contributed by atoms with Crippen molar-refractivity contribution in [3.63, 3.8) is 0 Å². The zero-order valence-corrected chi connectivity index (χ0v) is 15.8. The maximum absolute atomic E-state index is 11.0. The summed E-state index contributed by atoms with van der Waals surface area (Å²) in [6, 6.07) is 4.22. The highest BCUT2D eigenvalue weighted by Gasteiger charge is 2.20. The van der Waals surface area contributed by atoms with Crippen molar-refractivity contribution in [3.05, 3.63) is 27.7 Å². The Morgan fingerprint density at radius 2 is 1.91 bits per heavy atom. The topological polar surface area (TPSA) is 41.1 Å². The van der Waals surface area contributed by atoms with Gasteiger partial charge in [-0.25, -0.2) is 0 Å². The molecule has 0 saturated carbocycles. The highest BCUT2D eigenvalue weighted by Crippen LogP contribution is 2.37. The maximum Gasteiger partial charge on any atom is 0.221 e. The lowest BCUT2D eigenvalue weighted by Gasteiger charge is -2.10. The number of anilines is 1. The molecule has 2 rings (SSSR count). The van der Waals surface area contributed by atoms with Gasteiger partial charge in [-0.2, -0.15) is 0 Å². The van der Waals surface area contributed by atoms with Gasteiger partial charge in [0.05, 0.1) is 5.69 Å². The van der Waals surface area contributed by atoms with Gasteiger partial charge >= 0.3 is 0 Å². The summed E-state index contributed by atoms with van der Waals surface area (Å²) in [6.45, 7) is 10.5. The molecule has 1 aliphatic carbocycles. The largest absolute Gasteiger partial charge is 0.325 e. The van der Waals surface area contributed by atoms with E-state index in [4.69, 9.17) is 0 Å². The summed E-state index contributed by atoms with van der Waals surface area (Å²) in [6.07, 6.45) is 4.86. The Hall–Kier alpha value is -0.870. The molecule has 4 heteroatoms. The summed E-state index contributed by atoms with van der Waals surface area (Å²) in [4.78, 5) is 11.0. The van der Waals surface area contributed by atoms with Crippen molar-refractivity contribution in [3.8, 4) is 0 Å². The van der Waals surface area contributed by atoms with Gasteiger partial charge in [-0.15, -0.1) is 0 Å². The summed E-state index contributed by atoms with van der Waals surface area (Å²) in [5.41, 5.74) is 3.67. The number of rotatable bonds is 5. The van der Waals surface area contributed by atoms with Crippen molar-refractivity contribution in [1.82, 2.24) is 5.32 Å². The molecule has 0 aliphatic heterocycles. The fraction of sp³-hybridized carbons (Fsp3) is 0.611. The fourth-order valence-electron chi connectivity index (χ4n) is 2.60. The van der Waals surface area contributed by atoms with Gasteiger partial charge in [0, 0.05) is 11.4 Å². The number of hydrogen-bond donors (Lipinski definition) is 2. The standard InChI is InChI=1S/C12H14BrNO.C6H15N/c1-7-3-4-9-5-11(13)12(6-10(7)9)14-8(2)15;1-3-5-7-6-4-2/h5-7H,3-4H2,1-2H3,(H,14,15);7H,3-6H2,1-2H3. The second-order valence-electron chi connectivity index (χ2n) is 5.90. The van der Waals surface area contributed by atoms with Gasteiger partial charge in [-0.1, -0.05) is 20.8 Å². The lowest BCUT2D eigenvalue weighted by molar-refractivity contribution is -0.114. The van der Waals surface area contributed by atoms with Gasteiger partial charge < -0.3 is 10.6 Å². The van der Waals surface area contributed by atoms with Crippen molar-refractivity contribution in [1.29, 1.82) is 0 Å². The Labute approximate surface area is 143 Å². The smallest absolute Gasteiger partial charge is 0.221 e. The Morgan fingerprint density at radius 1 is 1.27 bits per heavy atom. The normalized spacial score (nSPS) is 15.8. The molecule has 0 aromatic heterocycles. The molecule has 3 nitrogen and oxygen atoms in total. The average molecular weight is 369 g/mol. The third-order valence-corrected chi connectivity index (χ3v) is 4.43. The predicted molar refractivity (Wildman–Crippen MR) is 98.6 cm³/mol. The Morgan fingerprint density at radius 3 is 2.45 bits per heavy atom. The van der Waals surface area contributed by atoms with Crippen molar-refractivity contribution in [2.45, 2.75) is 59.3 Å². The SMILES string of the molecule is CC(=O)Nc1cc2c(cc1Br)CCC2C.CCCNCCC. The minimum atomic E-state index is -0.0266. The Bertz CT molecular complexity index is 484. The van der Waals surface area contributed by atoms with Crippen molar-refractivity contribution < 1.29 is 4.79 Å². The van der Waals surface area contributed by atoms with Gasteiger partial charge in [-0.05, 0) is 83.9 Å². The molecule has 1 amide bonds. The quantitative estimate of drug-likeness (QED) is 0.729. The highest BCUT2D eigenvalue weighted by molar-refractivity contribution is 9.10. The van der Waals surface area contributed by atoms with Crippen molar-refractivity contribution >= 4 is 27.5 Å². The van der Waals surface area contributed by atoms with Gasteiger partial charge in [-0.3, -0.25) is 4.79 Å². The monoisotopic (exact) mass is 368 g/mol. The van der Waals surface area contributed by atoms with E-state index in [1.165, 1.54) is 50.4 Å². The van der Waals surface area contributed by atoms with E-state index in [0.717, 1.165) is 16.6 Å². The highest BCUT2D eigenvalue weighted by atomic mass is 79.9. The van der Waals surface area contributed by atoms with Crippen LogP contribution in [0.3, 0.4) is 0 Å². The number of halogens is 1. The zero-order chi connectivity index (χ0) is 16.5. The molecular formula is C18H29BrN2O. The molecule has 0 saturated heterocycles. The van der Waals surface area contributed by atoms with Crippen LogP contribution < -0.4 is 10.6 Å². The lowest BCUT2D eigenvalue weighted by atomic mass is 10.0. The van der Waals surface area contributed by atoms with Gasteiger partial charge in [0.2, 0.25) is 5.91 Å². The second kappa shape index (κ2) is 10.0. The molecule has 124 valence electrons. The third kappa shape index (κ3) is 6.09. The molecule has 0 radical (unpaired) electrons. The Balaban J connectivity index is 0.000000295. The van der Waals surface area contributed by atoms with Crippen LogP contribution in [0.15, 0.2) is 16.6 Å². The molecule has 1 aromatic rings. The van der Waals surface area contributed by atoms with Crippen LogP contribution in [0.4, 0.5) is 5.69 Å². The minimum absolute atomic E-state index is 0.0266. The maximum atomic E-state index is 11.0. The number of hydrogen-bond acceptors (Lipinski definition) is 2. The first-order valence-electron chi connectivity index (χ1n) is 8.30. The summed E-state index contributed by atoms with van der Waals surface area (Å²) in [5.74, 6) is 0.585. The summed E-state index contributed by atoms with van der Waals surface area (Å²) in [5, 5.41) is 6.12. The second-order valence-corrected chi connectivity index (χ2v) is 6.76. The average Bonchev–Trinajstić information content (AvgIpc) is 2.81. The fourth-order valence-corrected chi connectivity index (χ4v) is 3.09. The molecule has 1 unspecified atom stereocenters. The van der Waals surface area contributed by atoms with Gasteiger partial charge in [0.25, 0.3) is 0 Å². The van der Waals surface area contributed by atoms with E-state index in [1.54, 1.807) is 0 Å². The van der Waals surface area contributed by atoms with Crippen LogP contribution >= 0.6 is 15.9 Å². The molecule has 1 atom stereocenters. The number of carbonyl (C=O) groups excluding carboxylic acids is 1.